The third-order valence-corrected chi connectivity index (χ3v) is 4.48. The molecule has 0 saturated carbocycles. The normalized spacial score (nSPS) is 10.5. The predicted octanol–water partition coefficient (Wildman–Crippen LogP) is 4.46. The summed E-state index contributed by atoms with van der Waals surface area (Å²) >= 11 is 1.29. The molecule has 1 aromatic heterocycles. The van der Waals surface area contributed by atoms with E-state index in [-0.39, 0.29) is 11.6 Å². The molecule has 1 N–H and O–H groups in total. The molecule has 0 saturated heterocycles. The van der Waals surface area contributed by atoms with Gasteiger partial charge in [0.2, 0.25) is 0 Å². The largest absolute Gasteiger partial charge is 0.492 e. The minimum absolute atomic E-state index is 0.00829. The maximum atomic E-state index is 12.5. The number of hydrogen-bond donors (Lipinski definition) is 1. The molecule has 0 atom stereocenters. The van der Waals surface area contributed by atoms with E-state index in [0.29, 0.717) is 28.3 Å². The minimum atomic E-state index is -0.449. The van der Waals surface area contributed by atoms with Gasteiger partial charge in [-0.15, -0.1) is 11.3 Å². The monoisotopic (exact) mass is 342 g/mol. The van der Waals surface area contributed by atoms with Crippen LogP contribution in [0.25, 0.3) is 10.1 Å². The van der Waals surface area contributed by atoms with Crippen molar-refractivity contribution < 1.29 is 14.5 Å². The molecule has 3 rings (SSSR count). The lowest BCUT2D eigenvalue weighted by molar-refractivity contribution is -0.384. The van der Waals surface area contributed by atoms with Crippen LogP contribution in [0.2, 0.25) is 0 Å². The van der Waals surface area contributed by atoms with Crippen LogP contribution < -0.4 is 10.1 Å². The van der Waals surface area contributed by atoms with Crippen molar-refractivity contribution in [2.45, 2.75) is 6.92 Å². The van der Waals surface area contributed by atoms with Crippen LogP contribution in [0.3, 0.4) is 0 Å². The van der Waals surface area contributed by atoms with Gasteiger partial charge in [0.25, 0.3) is 11.6 Å². The molecule has 0 spiro atoms. The Balaban J connectivity index is 1.88. The Morgan fingerprint density at radius 2 is 2.04 bits per heavy atom. The average Bonchev–Trinajstić information content (AvgIpc) is 3.00. The van der Waals surface area contributed by atoms with Gasteiger partial charge in [0.05, 0.1) is 22.1 Å². The Morgan fingerprint density at radius 3 is 2.79 bits per heavy atom. The van der Waals surface area contributed by atoms with E-state index < -0.39 is 4.92 Å². The van der Waals surface area contributed by atoms with Crippen LogP contribution in [-0.2, 0) is 0 Å². The molecule has 0 aliphatic carbocycles. The highest BCUT2D eigenvalue weighted by molar-refractivity contribution is 7.20. The van der Waals surface area contributed by atoms with E-state index in [9.17, 15) is 14.9 Å². The molecule has 1 heterocycles. The summed E-state index contributed by atoms with van der Waals surface area (Å²) in [5.74, 6) is 0.330. The number of rotatable bonds is 5. The third-order valence-electron chi connectivity index (χ3n) is 3.37. The Kier molecular flexibility index (Phi) is 4.43. The summed E-state index contributed by atoms with van der Waals surface area (Å²) in [5, 5.41) is 14.3. The Hall–Kier alpha value is -2.93. The summed E-state index contributed by atoms with van der Waals surface area (Å²) in [4.78, 5) is 23.3. The van der Waals surface area contributed by atoms with Crippen molar-refractivity contribution in [3.8, 4) is 5.75 Å². The van der Waals surface area contributed by atoms with E-state index in [4.69, 9.17) is 4.74 Å². The third kappa shape index (κ3) is 3.21. The fourth-order valence-electron chi connectivity index (χ4n) is 2.29. The van der Waals surface area contributed by atoms with Gasteiger partial charge < -0.3 is 10.1 Å². The number of ether oxygens (including phenoxy) is 1. The van der Waals surface area contributed by atoms with Crippen molar-refractivity contribution in [1.82, 2.24) is 0 Å². The van der Waals surface area contributed by atoms with Crippen LogP contribution in [0.1, 0.15) is 16.6 Å². The summed E-state index contributed by atoms with van der Waals surface area (Å²) in [7, 11) is 0. The number of nitro groups is 1. The van der Waals surface area contributed by atoms with Gasteiger partial charge in [-0.25, -0.2) is 0 Å². The van der Waals surface area contributed by atoms with Gasteiger partial charge in [0.1, 0.15) is 5.75 Å². The van der Waals surface area contributed by atoms with Gasteiger partial charge in [-0.1, -0.05) is 12.1 Å². The summed E-state index contributed by atoms with van der Waals surface area (Å²) in [5.41, 5.74) is 0.599. The zero-order valence-corrected chi connectivity index (χ0v) is 13.6. The smallest absolute Gasteiger partial charge is 0.270 e. The van der Waals surface area contributed by atoms with Crippen molar-refractivity contribution in [3.63, 3.8) is 0 Å². The van der Waals surface area contributed by atoms with E-state index in [1.807, 2.05) is 19.1 Å². The lowest BCUT2D eigenvalue weighted by Gasteiger charge is -2.10. The molecule has 0 radical (unpaired) electrons. The number of fused-ring (bicyclic) bond motifs is 1. The molecule has 0 aliphatic heterocycles. The fourth-order valence-corrected chi connectivity index (χ4v) is 3.23. The number of carbonyl (C=O) groups is 1. The van der Waals surface area contributed by atoms with Crippen LogP contribution in [0.5, 0.6) is 5.75 Å². The van der Waals surface area contributed by atoms with Crippen molar-refractivity contribution in [3.05, 3.63) is 63.5 Å². The number of amides is 1. The van der Waals surface area contributed by atoms with Crippen molar-refractivity contribution >= 4 is 38.7 Å². The number of non-ortho nitro benzene ring substituents is 1. The highest BCUT2D eigenvalue weighted by atomic mass is 32.1. The topological polar surface area (TPSA) is 81.5 Å². The highest BCUT2D eigenvalue weighted by Gasteiger charge is 2.15. The molecule has 3 aromatic rings. The molecule has 0 bridgehead atoms. The first-order valence-corrected chi connectivity index (χ1v) is 8.11. The number of hydrogen-bond acceptors (Lipinski definition) is 5. The second kappa shape index (κ2) is 6.67. The van der Waals surface area contributed by atoms with Crippen molar-refractivity contribution in [2.24, 2.45) is 0 Å². The number of benzene rings is 2. The lowest BCUT2D eigenvalue weighted by Crippen LogP contribution is -2.11. The van der Waals surface area contributed by atoms with Crippen LogP contribution >= 0.6 is 11.3 Å². The molecule has 0 unspecified atom stereocenters. The SMILES string of the molecule is CCOc1ccccc1NC(=O)c1cc2cc([N+](=O)[O-])ccc2s1. The Labute approximate surface area is 141 Å². The molecule has 0 fully saturated rings. The Morgan fingerprint density at radius 1 is 1.25 bits per heavy atom. The number of para-hydroxylation sites is 2. The number of nitro benzene ring substituents is 1. The van der Waals surface area contributed by atoms with Gasteiger partial charge >= 0.3 is 0 Å². The molecule has 6 nitrogen and oxygen atoms in total. The molecule has 2 aromatic carbocycles. The molecular weight excluding hydrogens is 328 g/mol. The molecule has 7 heteroatoms. The highest BCUT2D eigenvalue weighted by Crippen LogP contribution is 2.30. The molecule has 122 valence electrons. The Bertz CT molecular complexity index is 920. The van der Waals surface area contributed by atoms with E-state index in [2.05, 4.69) is 5.32 Å². The van der Waals surface area contributed by atoms with Crippen LogP contribution in [0.4, 0.5) is 11.4 Å². The summed E-state index contributed by atoms with van der Waals surface area (Å²) in [6.07, 6.45) is 0. The van der Waals surface area contributed by atoms with Gasteiger partial charge in [-0.3, -0.25) is 14.9 Å². The van der Waals surface area contributed by atoms with Gasteiger partial charge in [-0.05, 0) is 31.2 Å². The van der Waals surface area contributed by atoms with E-state index in [0.717, 1.165) is 4.70 Å². The molecule has 24 heavy (non-hydrogen) atoms. The zero-order valence-electron chi connectivity index (χ0n) is 12.8. The minimum Gasteiger partial charge on any atom is -0.492 e. The molecular formula is C17H14N2O4S. The summed E-state index contributed by atoms with van der Waals surface area (Å²) < 4.78 is 6.31. The van der Waals surface area contributed by atoms with E-state index >= 15 is 0 Å². The van der Waals surface area contributed by atoms with Gasteiger partial charge in [0.15, 0.2) is 0 Å². The standard InChI is InChI=1S/C17H14N2O4S/c1-2-23-14-6-4-3-5-13(14)18-17(20)16-10-11-9-12(19(21)22)7-8-15(11)24-16/h3-10H,2H2,1H3,(H,18,20). The maximum absolute atomic E-state index is 12.5. The number of nitrogens with zero attached hydrogens (tertiary/aromatic N) is 1. The number of anilines is 1. The quantitative estimate of drug-likeness (QED) is 0.548. The number of carbonyl (C=O) groups excluding carboxylic acids is 1. The van der Waals surface area contributed by atoms with Gasteiger partial charge in [-0.2, -0.15) is 0 Å². The van der Waals surface area contributed by atoms with Crippen LogP contribution in [-0.4, -0.2) is 17.4 Å². The van der Waals surface area contributed by atoms with Crippen LogP contribution in [0.15, 0.2) is 48.5 Å². The fraction of sp³-hybridized carbons (Fsp3) is 0.118. The summed E-state index contributed by atoms with van der Waals surface area (Å²) in [6.45, 7) is 2.37. The predicted molar refractivity (Wildman–Crippen MR) is 94.0 cm³/mol. The summed E-state index contributed by atoms with van der Waals surface area (Å²) in [6, 6.07) is 13.4. The second-order valence-corrected chi connectivity index (χ2v) is 6.06. The lowest BCUT2D eigenvalue weighted by atomic mass is 10.2. The van der Waals surface area contributed by atoms with Crippen LogP contribution in [0, 0.1) is 10.1 Å². The van der Waals surface area contributed by atoms with Crippen molar-refractivity contribution in [2.75, 3.05) is 11.9 Å². The second-order valence-electron chi connectivity index (χ2n) is 4.97. The van der Waals surface area contributed by atoms with E-state index in [1.54, 1.807) is 24.3 Å². The zero-order chi connectivity index (χ0) is 17.1. The molecule has 0 aliphatic rings. The molecule has 1 amide bonds. The number of nitrogens with one attached hydrogen (secondary N) is 1. The van der Waals surface area contributed by atoms with Crippen molar-refractivity contribution in [1.29, 1.82) is 0 Å². The number of thiophene rings is 1. The van der Waals surface area contributed by atoms with Gasteiger partial charge in [0, 0.05) is 22.2 Å². The first kappa shape index (κ1) is 15.9. The first-order chi connectivity index (χ1) is 11.6. The average molecular weight is 342 g/mol. The first-order valence-electron chi connectivity index (χ1n) is 7.29. The maximum Gasteiger partial charge on any atom is 0.270 e. The van der Waals surface area contributed by atoms with E-state index in [1.165, 1.54) is 23.5 Å².